The fourth-order valence-corrected chi connectivity index (χ4v) is 0.854. The first-order chi connectivity index (χ1) is 5.68. The monoisotopic (exact) mass is 172 g/mol. The molecule has 0 aliphatic carbocycles. The van der Waals surface area contributed by atoms with Crippen LogP contribution in [0.1, 0.15) is 26.2 Å². The maximum atomic E-state index is 10.7. The van der Waals surface area contributed by atoms with Crippen molar-refractivity contribution in [1.29, 1.82) is 0 Å². The minimum absolute atomic E-state index is 0.0262. The van der Waals surface area contributed by atoms with Crippen molar-refractivity contribution in [2.24, 2.45) is 5.73 Å². The third-order valence-electron chi connectivity index (χ3n) is 1.69. The van der Waals surface area contributed by atoms with E-state index in [1.165, 1.54) is 6.92 Å². The molecule has 70 valence electrons. The summed E-state index contributed by atoms with van der Waals surface area (Å²) >= 11 is 0. The standard InChI is InChI=1S/C8H16N2O2/c1-7(12)8(9)4-2-3-5-10-6-11/h6,8H,2-5,9H2,1H3,(H,10,11). The molecule has 0 aromatic rings. The Morgan fingerprint density at radius 2 is 2.25 bits per heavy atom. The van der Waals surface area contributed by atoms with E-state index in [1.54, 1.807) is 0 Å². The van der Waals surface area contributed by atoms with Gasteiger partial charge < -0.3 is 11.1 Å². The van der Waals surface area contributed by atoms with Crippen LogP contribution in [0, 0.1) is 0 Å². The molecule has 0 radical (unpaired) electrons. The summed E-state index contributed by atoms with van der Waals surface area (Å²) in [4.78, 5) is 20.5. The average molecular weight is 172 g/mol. The van der Waals surface area contributed by atoms with Gasteiger partial charge in [0.15, 0.2) is 0 Å². The summed E-state index contributed by atoms with van der Waals surface area (Å²) in [6.45, 7) is 2.16. The molecule has 4 heteroatoms. The highest BCUT2D eigenvalue weighted by molar-refractivity contribution is 5.80. The van der Waals surface area contributed by atoms with Crippen molar-refractivity contribution < 1.29 is 9.59 Å². The Morgan fingerprint density at radius 3 is 2.75 bits per heavy atom. The lowest BCUT2D eigenvalue weighted by Crippen LogP contribution is -2.28. The lowest BCUT2D eigenvalue weighted by molar-refractivity contribution is -0.118. The predicted octanol–water partition coefficient (Wildman–Crippen LogP) is -0.181. The van der Waals surface area contributed by atoms with Gasteiger partial charge in [0.25, 0.3) is 0 Å². The molecular formula is C8H16N2O2. The molecule has 3 N–H and O–H groups in total. The van der Waals surface area contributed by atoms with Gasteiger partial charge in [-0.05, 0) is 26.2 Å². The summed E-state index contributed by atoms with van der Waals surface area (Å²) in [5, 5.41) is 2.54. The van der Waals surface area contributed by atoms with Crippen molar-refractivity contribution in [2.45, 2.75) is 32.2 Å². The second kappa shape index (κ2) is 6.79. The van der Waals surface area contributed by atoms with Crippen LogP contribution in [0.25, 0.3) is 0 Å². The molecule has 1 atom stereocenters. The highest BCUT2D eigenvalue weighted by Crippen LogP contribution is 1.98. The summed E-state index contributed by atoms with van der Waals surface area (Å²) in [6.07, 6.45) is 3.13. The van der Waals surface area contributed by atoms with Crippen LogP contribution in [-0.4, -0.2) is 24.8 Å². The molecule has 1 amide bonds. The molecular weight excluding hydrogens is 156 g/mol. The Balaban J connectivity index is 3.19. The molecule has 0 aromatic carbocycles. The number of unbranched alkanes of at least 4 members (excludes halogenated alkanes) is 1. The van der Waals surface area contributed by atoms with E-state index in [4.69, 9.17) is 5.73 Å². The van der Waals surface area contributed by atoms with Crippen LogP contribution in [0.2, 0.25) is 0 Å². The number of hydrogen-bond acceptors (Lipinski definition) is 3. The lowest BCUT2D eigenvalue weighted by Gasteiger charge is -2.06. The predicted molar refractivity (Wildman–Crippen MR) is 46.6 cm³/mol. The second-order valence-corrected chi connectivity index (χ2v) is 2.78. The summed E-state index contributed by atoms with van der Waals surface area (Å²) in [6, 6.07) is -0.332. The SMILES string of the molecule is CC(=O)C(N)CCCCNC=O. The largest absolute Gasteiger partial charge is 0.359 e. The van der Waals surface area contributed by atoms with Gasteiger partial charge in [0.05, 0.1) is 6.04 Å². The molecule has 4 nitrogen and oxygen atoms in total. The molecule has 1 unspecified atom stereocenters. The third kappa shape index (κ3) is 5.85. The van der Waals surface area contributed by atoms with Gasteiger partial charge in [-0.15, -0.1) is 0 Å². The molecule has 0 spiro atoms. The maximum Gasteiger partial charge on any atom is 0.207 e. The van der Waals surface area contributed by atoms with Gasteiger partial charge in [0.2, 0.25) is 6.41 Å². The van der Waals surface area contributed by atoms with Crippen molar-refractivity contribution in [2.75, 3.05) is 6.54 Å². The van der Waals surface area contributed by atoms with E-state index in [-0.39, 0.29) is 11.8 Å². The van der Waals surface area contributed by atoms with E-state index >= 15 is 0 Å². The number of amides is 1. The Kier molecular flexibility index (Phi) is 6.28. The van der Waals surface area contributed by atoms with E-state index in [1.807, 2.05) is 0 Å². The van der Waals surface area contributed by atoms with E-state index in [9.17, 15) is 9.59 Å². The van der Waals surface area contributed by atoms with Crippen molar-refractivity contribution in [3.05, 3.63) is 0 Å². The van der Waals surface area contributed by atoms with E-state index in [0.29, 0.717) is 19.4 Å². The Labute approximate surface area is 72.5 Å². The number of carbonyl (C=O) groups excluding carboxylic acids is 2. The van der Waals surface area contributed by atoms with Crippen LogP contribution >= 0.6 is 0 Å². The van der Waals surface area contributed by atoms with Crippen LogP contribution in [0.4, 0.5) is 0 Å². The fraction of sp³-hybridized carbons (Fsp3) is 0.750. The minimum Gasteiger partial charge on any atom is -0.359 e. The first-order valence-electron chi connectivity index (χ1n) is 4.11. The summed E-state index contributed by atoms with van der Waals surface area (Å²) in [5.41, 5.74) is 5.49. The molecule has 0 bridgehead atoms. The van der Waals surface area contributed by atoms with E-state index < -0.39 is 0 Å². The van der Waals surface area contributed by atoms with Crippen LogP contribution in [0.5, 0.6) is 0 Å². The fourth-order valence-electron chi connectivity index (χ4n) is 0.854. The number of ketones is 1. The first-order valence-corrected chi connectivity index (χ1v) is 4.11. The van der Waals surface area contributed by atoms with Crippen LogP contribution in [0.15, 0.2) is 0 Å². The molecule has 0 fully saturated rings. The topological polar surface area (TPSA) is 72.2 Å². The molecule has 0 saturated carbocycles. The highest BCUT2D eigenvalue weighted by atomic mass is 16.1. The number of nitrogens with two attached hydrogens (primary N) is 1. The zero-order valence-corrected chi connectivity index (χ0v) is 7.38. The molecule has 0 rings (SSSR count). The number of carbonyl (C=O) groups is 2. The third-order valence-corrected chi connectivity index (χ3v) is 1.69. The first kappa shape index (κ1) is 11.1. The quantitative estimate of drug-likeness (QED) is 0.413. The number of Topliss-reactive ketones (excluding diaryl/α,β-unsaturated/α-hetero) is 1. The summed E-state index contributed by atoms with van der Waals surface area (Å²) in [5.74, 6) is 0.0262. The van der Waals surface area contributed by atoms with Crippen molar-refractivity contribution in [3.8, 4) is 0 Å². The number of hydrogen-bond donors (Lipinski definition) is 2. The summed E-state index contributed by atoms with van der Waals surface area (Å²) in [7, 11) is 0. The second-order valence-electron chi connectivity index (χ2n) is 2.78. The Morgan fingerprint density at radius 1 is 1.58 bits per heavy atom. The number of nitrogens with one attached hydrogen (secondary N) is 1. The Hall–Kier alpha value is -0.900. The zero-order valence-electron chi connectivity index (χ0n) is 7.38. The van der Waals surface area contributed by atoms with Gasteiger partial charge in [-0.3, -0.25) is 9.59 Å². The normalized spacial score (nSPS) is 12.2. The van der Waals surface area contributed by atoms with Crippen molar-refractivity contribution in [3.63, 3.8) is 0 Å². The molecule has 0 aliphatic heterocycles. The van der Waals surface area contributed by atoms with Crippen LogP contribution in [0.3, 0.4) is 0 Å². The van der Waals surface area contributed by atoms with Crippen LogP contribution in [-0.2, 0) is 9.59 Å². The molecule has 0 aliphatic rings. The molecule has 12 heavy (non-hydrogen) atoms. The van der Waals surface area contributed by atoms with Crippen molar-refractivity contribution in [1.82, 2.24) is 5.32 Å². The molecule has 0 saturated heterocycles. The van der Waals surface area contributed by atoms with Gasteiger partial charge in [0.1, 0.15) is 5.78 Å². The minimum atomic E-state index is -0.332. The van der Waals surface area contributed by atoms with E-state index in [0.717, 1.165) is 12.8 Å². The highest BCUT2D eigenvalue weighted by Gasteiger charge is 2.06. The van der Waals surface area contributed by atoms with E-state index in [2.05, 4.69) is 5.32 Å². The number of rotatable bonds is 7. The van der Waals surface area contributed by atoms with Crippen LogP contribution < -0.4 is 11.1 Å². The van der Waals surface area contributed by atoms with Gasteiger partial charge in [-0.2, -0.15) is 0 Å². The molecule has 0 aromatic heterocycles. The zero-order chi connectivity index (χ0) is 9.40. The van der Waals surface area contributed by atoms with Gasteiger partial charge >= 0.3 is 0 Å². The molecule has 0 heterocycles. The van der Waals surface area contributed by atoms with Gasteiger partial charge in [-0.25, -0.2) is 0 Å². The Bertz CT molecular complexity index is 148. The maximum absolute atomic E-state index is 10.7. The smallest absolute Gasteiger partial charge is 0.207 e. The van der Waals surface area contributed by atoms with Gasteiger partial charge in [0, 0.05) is 6.54 Å². The van der Waals surface area contributed by atoms with Crippen molar-refractivity contribution >= 4 is 12.2 Å². The average Bonchev–Trinajstić information content (AvgIpc) is 2.03. The summed E-state index contributed by atoms with van der Waals surface area (Å²) < 4.78 is 0. The lowest BCUT2D eigenvalue weighted by atomic mass is 10.1. The van der Waals surface area contributed by atoms with Gasteiger partial charge in [-0.1, -0.05) is 0 Å².